The molecule has 12 nitrogen and oxygen atoms in total. The van der Waals surface area contributed by atoms with Crippen LogP contribution in [-0.2, 0) is 42.9 Å². The van der Waals surface area contributed by atoms with Gasteiger partial charge in [-0.2, -0.15) is 0 Å². The Morgan fingerprint density at radius 1 is 0.652 bits per heavy atom. The lowest BCUT2D eigenvalue weighted by Gasteiger charge is -2.23. The van der Waals surface area contributed by atoms with E-state index in [0.717, 1.165) is 50.0 Å². The average Bonchev–Trinajstić information content (AvgIpc) is 3.01. The molecule has 1 aromatic rings. The summed E-state index contributed by atoms with van der Waals surface area (Å²) in [6.45, 7) is 10.4. The molecule has 0 bridgehead atoms. The summed E-state index contributed by atoms with van der Waals surface area (Å²) >= 11 is 0. The number of amides is 2. The second kappa shape index (κ2) is 22.1. The molecule has 0 heterocycles. The highest BCUT2D eigenvalue weighted by atomic mass is 16.6. The molecular weight excluding hydrogens is 596 g/mol. The topological polar surface area (TPSA) is 163 Å². The first-order chi connectivity index (χ1) is 21.8. The van der Waals surface area contributed by atoms with Crippen LogP contribution in [0.5, 0.6) is 0 Å². The largest absolute Gasteiger partial charge is 0.460 e. The van der Waals surface area contributed by atoms with Gasteiger partial charge in [0.05, 0.1) is 24.3 Å². The fourth-order valence-corrected chi connectivity index (χ4v) is 4.03. The summed E-state index contributed by atoms with van der Waals surface area (Å²) in [6.07, 6.45) is 8.83. The monoisotopic (exact) mass is 644 g/mol. The number of esters is 4. The van der Waals surface area contributed by atoms with Gasteiger partial charge in [0.2, 0.25) is 5.91 Å². The molecule has 2 amide bonds. The van der Waals surface area contributed by atoms with E-state index in [9.17, 15) is 28.8 Å². The van der Waals surface area contributed by atoms with Gasteiger partial charge in [-0.15, -0.1) is 0 Å². The van der Waals surface area contributed by atoms with Crippen LogP contribution in [0.3, 0.4) is 0 Å². The lowest BCUT2D eigenvalue weighted by atomic mass is 9.88. The molecule has 2 rings (SSSR count). The van der Waals surface area contributed by atoms with E-state index >= 15 is 0 Å². The van der Waals surface area contributed by atoms with E-state index in [1.807, 2.05) is 6.07 Å². The molecule has 0 spiro atoms. The Bertz CT molecular complexity index is 1190. The normalized spacial score (nSPS) is 14.5. The Kier molecular flexibility index (Phi) is 19.0. The molecule has 1 aromatic carbocycles. The van der Waals surface area contributed by atoms with Gasteiger partial charge in [0.1, 0.15) is 13.2 Å². The molecule has 0 aromatic heterocycles. The number of rotatable bonds is 14. The molecule has 254 valence electrons. The van der Waals surface area contributed by atoms with Crippen molar-refractivity contribution in [1.82, 2.24) is 10.6 Å². The molecule has 2 N–H and O–H groups in total. The van der Waals surface area contributed by atoms with Crippen LogP contribution >= 0.6 is 0 Å². The fraction of sp³-hybridized carbons (Fsp3) is 0.529. The summed E-state index contributed by atoms with van der Waals surface area (Å²) in [5.41, 5.74) is 0.530. The van der Waals surface area contributed by atoms with Crippen molar-refractivity contribution in [2.45, 2.75) is 97.9 Å². The number of nitrogens with one attached hydrogen (secondary N) is 2. The van der Waals surface area contributed by atoms with E-state index in [1.54, 1.807) is 65.8 Å². The van der Waals surface area contributed by atoms with E-state index in [2.05, 4.69) is 10.6 Å². The summed E-state index contributed by atoms with van der Waals surface area (Å²) in [5.74, 6) is -2.64. The number of hydrogen-bond donors (Lipinski definition) is 2. The van der Waals surface area contributed by atoms with Crippen LogP contribution in [0.15, 0.2) is 54.6 Å². The first-order valence-corrected chi connectivity index (χ1v) is 15.5. The number of carbonyl (C=O) groups excluding carboxylic acids is 6. The van der Waals surface area contributed by atoms with Gasteiger partial charge < -0.3 is 29.6 Å². The van der Waals surface area contributed by atoms with Crippen molar-refractivity contribution in [3.05, 3.63) is 60.2 Å². The summed E-state index contributed by atoms with van der Waals surface area (Å²) in [6, 6.07) is 8.11. The zero-order valence-electron chi connectivity index (χ0n) is 27.6. The summed E-state index contributed by atoms with van der Waals surface area (Å²) < 4.78 is 19.6. The molecule has 2 atom stereocenters. The third kappa shape index (κ3) is 19.0. The lowest BCUT2D eigenvalue weighted by molar-refractivity contribution is -0.143. The second-order valence-corrected chi connectivity index (χ2v) is 11.4. The van der Waals surface area contributed by atoms with E-state index in [1.165, 1.54) is 6.42 Å². The third-order valence-corrected chi connectivity index (χ3v) is 6.14. The minimum Gasteiger partial charge on any atom is -0.460 e. The Morgan fingerprint density at radius 3 is 1.54 bits per heavy atom. The number of hydrogen-bond acceptors (Lipinski definition) is 10. The standard InChI is InChI=1S/C17H27NO5.C17H21NO5/c2*1-12(2)23-16(20)10-9-15(19)22-11-13(3)18-17(21)14-7-5-4-6-8-14/h9-10,12-14H,4-8,11H2,1-3H3,(H,18,21);4-10,12-13H,11H2,1-3H3,(H,18,21)/b2*10-9+/t2*13-/m11/s1. The molecule has 1 fully saturated rings. The van der Waals surface area contributed by atoms with Gasteiger partial charge in [0.25, 0.3) is 5.91 Å². The van der Waals surface area contributed by atoms with Crippen molar-refractivity contribution >= 4 is 35.7 Å². The molecule has 0 radical (unpaired) electrons. The smallest absolute Gasteiger partial charge is 0.331 e. The van der Waals surface area contributed by atoms with Crippen LogP contribution in [0.1, 0.15) is 84.0 Å². The maximum atomic E-state index is 12.0. The van der Waals surface area contributed by atoms with Gasteiger partial charge in [0, 0.05) is 35.8 Å². The Hall–Kier alpha value is -4.48. The minimum atomic E-state index is -0.675. The molecule has 0 saturated heterocycles. The molecule has 12 heteroatoms. The van der Waals surface area contributed by atoms with Crippen LogP contribution in [0, 0.1) is 5.92 Å². The first kappa shape index (κ1) is 39.5. The minimum absolute atomic E-state index is 0.000967. The van der Waals surface area contributed by atoms with Crippen LogP contribution in [0.25, 0.3) is 0 Å². The molecular formula is C34H48N2O10. The van der Waals surface area contributed by atoms with Gasteiger partial charge in [-0.25, -0.2) is 19.2 Å². The number of benzene rings is 1. The summed E-state index contributed by atoms with van der Waals surface area (Å²) in [4.78, 5) is 69.4. The molecule has 1 saturated carbocycles. The van der Waals surface area contributed by atoms with Crippen molar-refractivity contribution in [2.24, 2.45) is 5.92 Å². The predicted octanol–water partition coefficient (Wildman–Crippen LogP) is 3.98. The highest BCUT2D eigenvalue weighted by Gasteiger charge is 2.22. The fourth-order valence-electron chi connectivity index (χ4n) is 4.03. The van der Waals surface area contributed by atoms with Gasteiger partial charge >= 0.3 is 23.9 Å². The molecule has 0 unspecified atom stereocenters. The molecule has 1 aliphatic carbocycles. The van der Waals surface area contributed by atoms with Crippen molar-refractivity contribution in [1.29, 1.82) is 0 Å². The maximum Gasteiger partial charge on any atom is 0.331 e. The van der Waals surface area contributed by atoms with Crippen LogP contribution < -0.4 is 10.6 Å². The average molecular weight is 645 g/mol. The quantitative estimate of drug-likeness (QED) is 0.172. The first-order valence-electron chi connectivity index (χ1n) is 15.5. The highest BCUT2D eigenvalue weighted by Crippen LogP contribution is 2.23. The van der Waals surface area contributed by atoms with E-state index in [0.29, 0.717) is 5.56 Å². The lowest BCUT2D eigenvalue weighted by Crippen LogP contribution is -2.40. The molecule has 46 heavy (non-hydrogen) atoms. The number of ether oxygens (including phenoxy) is 4. The van der Waals surface area contributed by atoms with E-state index in [-0.39, 0.29) is 55.2 Å². The van der Waals surface area contributed by atoms with Gasteiger partial charge in [-0.05, 0) is 66.5 Å². The van der Waals surface area contributed by atoms with Crippen LogP contribution in [0.4, 0.5) is 0 Å². The van der Waals surface area contributed by atoms with E-state index < -0.39 is 23.9 Å². The van der Waals surface area contributed by atoms with Crippen LogP contribution in [0.2, 0.25) is 0 Å². The van der Waals surface area contributed by atoms with Gasteiger partial charge in [0.15, 0.2) is 0 Å². The molecule has 0 aliphatic heterocycles. The Balaban J connectivity index is 0.000000460. The summed E-state index contributed by atoms with van der Waals surface area (Å²) in [7, 11) is 0. The van der Waals surface area contributed by atoms with Crippen LogP contribution in [-0.4, -0.2) is 73.2 Å². The van der Waals surface area contributed by atoms with E-state index in [4.69, 9.17) is 18.9 Å². The van der Waals surface area contributed by atoms with Gasteiger partial charge in [-0.1, -0.05) is 37.5 Å². The second-order valence-electron chi connectivity index (χ2n) is 11.4. The highest BCUT2D eigenvalue weighted by molar-refractivity contribution is 5.94. The van der Waals surface area contributed by atoms with Crippen molar-refractivity contribution in [3.8, 4) is 0 Å². The van der Waals surface area contributed by atoms with Gasteiger partial charge in [-0.3, -0.25) is 9.59 Å². The maximum absolute atomic E-state index is 12.0. The summed E-state index contributed by atoms with van der Waals surface area (Å²) in [5, 5.41) is 5.57. The zero-order valence-corrected chi connectivity index (χ0v) is 27.6. The SMILES string of the molecule is CC(C)OC(=O)/C=C/C(=O)OC[C@@H](C)NC(=O)C1CCCCC1.CC(C)OC(=O)/C=C/C(=O)OC[C@@H](C)NC(=O)c1ccccc1. The van der Waals surface area contributed by atoms with Crippen molar-refractivity contribution in [3.63, 3.8) is 0 Å². The predicted molar refractivity (Wildman–Crippen MR) is 170 cm³/mol. The van der Waals surface area contributed by atoms with Crippen molar-refractivity contribution in [2.75, 3.05) is 13.2 Å². The molecule has 1 aliphatic rings. The van der Waals surface area contributed by atoms with Crippen molar-refractivity contribution < 1.29 is 47.7 Å². The third-order valence-electron chi connectivity index (χ3n) is 6.14. The number of carbonyl (C=O) groups is 6. The Labute approximate surface area is 271 Å². The zero-order chi connectivity index (χ0) is 34.5. The Morgan fingerprint density at radius 2 is 1.09 bits per heavy atom.